The first-order valence-corrected chi connectivity index (χ1v) is 6.21. The van der Waals surface area contributed by atoms with E-state index in [1.54, 1.807) is 6.07 Å². The monoisotopic (exact) mass is 275 g/mol. The topological polar surface area (TPSA) is 97.5 Å². The molecule has 1 aliphatic carbocycles. The summed E-state index contributed by atoms with van der Waals surface area (Å²) < 4.78 is 0. The van der Waals surface area contributed by atoms with Crippen LogP contribution in [0.25, 0.3) is 0 Å². The third-order valence-corrected chi connectivity index (χ3v) is 3.20. The van der Waals surface area contributed by atoms with Gasteiger partial charge in [0.2, 0.25) is 0 Å². The second kappa shape index (κ2) is 5.64. The van der Waals surface area contributed by atoms with Crippen molar-refractivity contribution in [2.24, 2.45) is 0 Å². The van der Waals surface area contributed by atoms with Gasteiger partial charge in [-0.05, 0) is 6.42 Å². The molecule has 0 aromatic heterocycles. The Morgan fingerprint density at radius 3 is 2.40 bits per heavy atom. The summed E-state index contributed by atoms with van der Waals surface area (Å²) >= 11 is 0. The van der Waals surface area contributed by atoms with Crippen LogP contribution in [0.4, 0.5) is 5.69 Å². The van der Waals surface area contributed by atoms with E-state index in [1.807, 2.05) is 0 Å². The Labute approximate surface area is 114 Å². The van der Waals surface area contributed by atoms with Gasteiger partial charge in [0.15, 0.2) is 11.6 Å². The first-order chi connectivity index (χ1) is 9.50. The zero-order chi connectivity index (χ0) is 14.7. The van der Waals surface area contributed by atoms with E-state index in [9.17, 15) is 24.8 Å². The van der Waals surface area contributed by atoms with Gasteiger partial charge in [-0.3, -0.25) is 19.7 Å². The number of para-hydroxylation sites is 1. The van der Waals surface area contributed by atoms with E-state index in [1.165, 1.54) is 18.2 Å². The highest BCUT2D eigenvalue weighted by Crippen LogP contribution is 2.24. The second-order valence-corrected chi connectivity index (χ2v) is 4.58. The molecule has 0 heterocycles. The number of nitro benzene ring substituents is 1. The summed E-state index contributed by atoms with van der Waals surface area (Å²) in [5.41, 5.74) is -0.0709. The number of benzene rings is 1. The molecule has 104 valence electrons. The molecule has 6 heteroatoms. The minimum absolute atomic E-state index is 0.143. The van der Waals surface area contributed by atoms with Gasteiger partial charge >= 0.3 is 0 Å². The molecule has 1 N–H and O–H groups in total. The van der Waals surface area contributed by atoms with Crippen molar-refractivity contribution in [1.29, 1.82) is 0 Å². The van der Waals surface area contributed by atoms with Crippen LogP contribution in [0.3, 0.4) is 0 Å². The molecule has 0 radical (unpaired) electrons. The maximum atomic E-state index is 11.7. The van der Waals surface area contributed by atoms with E-state index in [0.717, 1.165) is 0 Å². The molecular weight excluding hydrogens is 262 g/mol. The van der Waals surface area contributed by atoms with Crippen molar-refractivity contribution in [3.8, 4) is 0 Å². The fourth-order valence-electron chi connectivity index (χ4n) is 2.24. The van der Waals surface area contributed by atoms with E-state index in [4.69, 9.17) is 0 Å². The molecule has 0 bridgehead atoms. The molecule has 0 spiro atoms. The number of aliphatic hydroxyl groups is 1. The van der Waals surface area contributed by atoms with Crippen molar-refractivity contribution in [3.63, 3.8) is 0 Å². The molecular formula is C14H13NO5. The molecule has 20 heavy (non-hydrogen) atoms. The SMILES string of the molecule is O=C1CCCC(=O)C1=C(O)Cc1ccccc1[N+](=O)[O-]. The average Bonchev–Trinajstić information content (AvgIpc) is 2.38. The zero-order valence-electron chi connectivity index (χ0n) is 10.7. The van der Waals surface area contributed by atoms with Crippen molar-refractivity contribution in [2.75, 3.05) is 0 Å². The van der Waals surface area contributed by atoms with Crippen molar-refractivity contribution in [2.45, 2.75) is 25.7 Å². The maximum Gasteiger partial charge on any atom is 0.273 e. The number of Topliss-reactive ketones (excluding diaryl/α,β-unsaturated/α-hetero) is 2. The highest BCUT2D eigenvalue weighted by Gasteiger charge is 2.27. The van der Waals surface area contributed by atoms with Crippen LogP contribution < -0.4 is 0 Å². The lowest BCUT2D eigenvalue weighted by Gasteiger charge is -2.13. The number of ketones is 2. The molecule has 1 aromatic carbocycles. The molecule has 1 aromatic rings. The summed E-state index contributed by atoms with van der Waals surface area (Å²) in [6.07, 6.45) is 0.744. The number of carbonyl (C=O) groups excluding carboxylic acids is 2. The summed E-state index contributed by atoms with van der Waals surface area (Å²) in [4.78, 5) is 33.7. The number of aliphatic hydroxyl groups excluding tert-OH is 1. The highest BCUT2D eigenvalue weighted by atomic mass is 16.6. The normalized spacial score (nSPS) is 15.3. The second-order valence-electron chi connectivity index (χ2n) is 4.58. The van der Waals surface area contributed by atoms with Gasteiger partial charge in [-0.25, -0.2) is 0 Å². The fraction of sp³-hybridized carbons (Fsp3) is 0.286. The largest absolute Gasteiger partial charge is 0.511 e. The first-order valence-electron chi connectivity index (χ1n) is 6.21. The number of nitrogens with zero attached hydrogens (tertiary/aromatic N) is 1. The summed E-state index contributed by atoms with van der Waals surface area (Å²) in [6, 6.07) is 5.93. The summed E-state index contributed by atoms with van der Waals surface area (Å²) in [7, 11) is 0. The number of hydrogen-bond acceptors (Lipinski definition) is 5. The Morgan fingerprint density at radius 1 is 1.20 bits per heavy atom. The van der Waals surface area contributed by atoms with Crippen molar-refractivity contribution in [3.05, 3.63) is 51.3 Å². The third kappa shape index (κ3) is 2.74. The number of allylic oxidation sites excluding steroid dienone is 2. The highest BCUT2D eigenvalue weighted by molar-refractivity contribution is 6.22. The predicted octanol–water partition coefficient (Wildman–Crippen LogP) is 2.27. The smallest absolute Gasteiger partial charge is 0.273 e. The fourth-order valence-corrected chi connectivity index (χ4v) is 2.24. The summed E-state index contributed by atoms with van der Waals surface area (Å²) in [6.45, 7) is 0. The van der Waals surface area contributed by atoms with E-state index in [0.29, 0.717) is 6.42 Å². The van der Waals surface area contributed by atoms with E-state index >= 15 is 0 Å². The minimum atomic E-state index is -0.558. The van der Waals surface area contributed by atoms with Gasteiger partial charge in [0.25, 0.3) is 5.69 Å². The molecule has 0 amide bonds. The quantitative estimate of drug-likeness (QED) is 0.300. The van der Waals surface area contributed by atoms with Crippen LogP contribution in [0, 0.1) is 10.1 Å². The standard InChI is InChI=1S/C14H13NO5/c16-11-6-3-7-12(17)14(11)13(18)8-9-4-1-2-5-10(9)15(19)20/h1-2,4-5,18H,3,6-8H2. The lowest BCUT2D eigenvalue weighted by molar-refractivity contribution is -0.385. The Balaban J connectivity index is 2.36. The van der Waals surface area contributed by atoms with Crippen LogP contribution in [0.2, 0.25) is 0 Å². The van der Waals surface area contributed by atoms with Crippen molar-refractivity contribution >= 4 is 17.3 Å². The van der Waals surface area contributed by atoms with Crippen LogP contribution in [0.5, 0.6) is 0 Å². The Hall–Kier alpha value is -2.50. The van der Waals surface area contributed by atoms with Gasteiger partial charge in [0.1, 0.15) is 5.76 Å². The maximum absolute atomic E-state index is 11.7. The third-order valence-electron chi connectivity index (χ3n) is 3.20. The van der Waals surface area contributed by atoms with Gasteiger partial charge in [-0.2, -0.15) is 0 Å². The summed E-state index contributed by atoms with van der Waals surface area (Å²) in [5.74, 6) is -1.16. The molecule has 1 saturated carbocycles. The molecule has 1 fully saturated rings. The van der Waals surface area contributed by atoms with Gasteiger partial charge in [0.05, 0.1) is 10.5 Å². The van der Waals surface area contributed by atoms with Crippen LogP contribution >= 0.6 is 0 Å². The van der Waals surface area contributed by atoms with E-state index in [2.05, 4.69) is 0 Å². The number of hydrogen-bond donors (Lipinski definition) is 1. The molecule has 0 atom stereocenters. The first kappa shape index (κ1) is 13.9. The van der Waals surface area contributed by atoms with E-state index in [-0.39, 0.29) is 41.8 Å². The van der Waals surface area contributed by atoms with Gasteiger partial charge in [0, 0.05) is 30.9 Å². The van der Waals surface area contributed by atoms with Crippen LogP contribution in [-0.4, -0.2) is 21.6 Å². The van der Waals surface area contributed by atoms with Crippen molar-refractivity contribution in [1.82, 2.24) is 0 Å². The summed E-state index contributed by atoms with van der Waals surface area (Å²) in [5, 5.41) is 20.9. The van der Waals surface area contributed by atoms with Crippen LogP contribution in [0.15, 0.2) is 35.6 Å². The van der Waals surface area contributed by atoms with Crippen molar-refractivity contribution < 1.29 is 19.6 Å². The lowest BCUT2D eigenvalue weighted by Crippen LogP contribution is -2.21. The molecule has 0 unspecified atom stereocenters. The van der Waals surface area contributed by atoms with E-state index < -0.39 is 16.5 Å². The number of nitro groups is 1. The number of rotatable bonds is 3. The number of carbonyl (C=O) groups is 2. The Morgan fingerprint density at radius 2 is 1.80 bits per heavy atom. The molecule has 6 nitrogen and oxygen atoms in total. The molecule has 1 aliphatic rings. The predicted molar refractivity (Wildman–Crippen MR) is 70.3 cm³/mol. The van der Waals surface area contributed by atoms with Gasteiger partial charge in [-0.15, -0.1) is 0 Å². The molecule has 0 saturated heterocycles. The molecule has 2 rings (SSSR count). The van der Waals surface area contributed by atoms with Crippen LogP contribution in [-0.2, 0) is 16.0 Å². The zero-order valence-corrected chi connectivity index (χ0v) is 10.7. The molecule has 0 aliphatic heterocycles. The average molecular weight is 275 g/mol. The minimum Gasteiger partial charge on any atom is -0.511 e. The Bertz CT molecular complexity index is 600. The lowest BCUT2D eigenvalue weighted by atomic mass is 9.90. The van der Waals surface area contributed by atoms with Crippen LogP contribution in [0.1, 0.15) is 24.8 Å². The van der Waals surface area contributed by atoms with Gasteiger partial charge < -0.3 is 5.11 Å². The Kier molecular flexibility index (Phi) is 3.93. The van der Waals surface area contributed by atoms with Gasteiger partial charge in [-0.1, -0.05) is 18.2 Å².